The highest BCUT2D eigenvalue weighted by Gasteiger charge is 2.35. The number of halogens is 1. The van der Waals surface area contributed by atoms with Crippen molar-refractivity contribution in [1.29, 1.82) is 0 Å². The summed E-state index contributed by atoms with van der Waals surface area (Å²) in [5.74, 6) is 0.294. The zero-order chi connectivity index (χ0) is 23.9. The number of hydrogen-bond acceptors (Lipinski definition) is 6. The monoisotopic (exact) mass is 471 g/mol. The van der Waals surface area contributed by atoms with Crippen molar-refractivity contribution in [3.63, 3.8) is 0 Å². The average Bonchev–Trinajstić information content (AvgIpc) is 3.39. The first-order chi connectivity index (χ1) is 15.7. The Morgan fingerprint density at radius 1 is 1.21 bits per heavy atom. The number of hydrogen-bond donors (Lipinski definition) is 1. The highest BCUT2D eigenvalue weighted by molar-refractivity contribution is 7.99. The molecule has 0 saturated heterocycles. The number of fused-ring (bicyclic) bond motifs is 3. The van der Waals surface area contributed by atoms with Gasteiger partial charge in [-0.25, -0.2) is 4.39 Å². The van der Waals surface area contributed by atoms with Gasteiger partial charge in [-0.15, -0.1) is 0 Å². The maximum Gasteiger partial charge on any atom is 0.255 e. The molecule has 9 heteroatoms. The second-order valence-corrected chi connectivity index (χ2v) is 9.00. The standard InChI is InChI=1S/C24H26FN3O4S/c1-26-24(30)21-20-16-10-15(11-19(29)27(2)3)31-23(16)17(28(4)33-5)12-18(20)32-22(21)13-6-8-14(25)9-7-13/h6-9,12,15H,10-11H2,1-5H3,(H,26,30). The Hall–Kier alpha value is -3.20. The first-order valence-electron chi connectivity index (χ1n) is 10.5. The van der Waals surface area contributed by atoms with Gasteiger partial charge >= 0.3 is 0 Å². The van der Waals surface area contributed by atoms with Crippen LogP contribution < -0.4 is 14.4 Å². The lowest BCUT2D eigenvalue weighted by Gasteiger charge is -2.20. The predicted molar refractivity (Wildman–Crippen MR) is 128 cm³/mol. The van der Waals surface area contributed by atoms with E-state index in [9.17, 15) is 14.0 Å². The summed E-state index contributed by atoms with van der Waals surface area (Å²) in [6.45, 7) is 0. The summed E-state index contributed by atoms with van der Waals surface area (Å²) in [5.41, 5.74) is 3.13. The van der Waals surface area contributed by atoms with Crippen molar-refractivity contribution in [2.75, 3.05) is 38.8 Å². The second kappa shape index (κ2) is 8.97. The van der Waals surface area contributed by atoms with Gasteiger partial charge in [-0.2, -0.15) is 0 Å². The molecule has 2 heterocycles. The van der Waals surface area contributed by atoms with Crippen LogP contribution in [-0.2, 0) is 11.2 Å². The summed E-state index contributed by atoms with van der Waals surface area (Å²) < 4.78 is 28.0. The lowest BCUT2D eigenvalue weighted by molar-refractivity contribution is -0.130. The molecule has 0 radical (unpaired) electrons. The van der Waals surface area contributed by atoms with E-state index >= 15 is 0 Å². The molecule has 3 aromatic rings. The summed E-state index contributed by atoms with van der Waals surface area (Å²) in [6.07, 6.45) is 2.29. The molecule has 33 heavy (non-hydrogen) atoms. The molecule has 4 rings (SSSR count). The number of rotatable bonds is 6. The van der Waals surface area contributed by atoms with E-state index in [1.165, 1.54) is 29.0 Å². The number of furan rings is 1. The van der Waals surface area contributed by atoms with Gasteiger partial charge in [-0.3, -0.25) is 9.59 Å². The second-order valence-electron chi connectivity index (χ2n) is 8.09. The summed E-state index contributed by atoms with van der Waals surface area (Å²) in [5, 5.41) is 3.34. The molecule has 0 saturated carbocycles. The van der Waals surface area contributed by atoms with E-state index in [4.69, 9.17) is 9.15 Å². The third-order valence-electron chi connectivity index (χ3n) is 5.80. The Balaban J connectivity index is 1.94. The largest absolute Gasteiger partial charge is 0.487 e. The van der Waals surface area contributed by atoms with E-state index in [1.54, 1.807) is 33.3 Å². The first kappa shape index (κ1) is 23.0. The number of nitrogens with zero attached hydrogens (tertiary/aromatic N) is 2. The van der Waals surface area contributed by atoms with Gasteiger partial charge in [-0.1, -0.05) is 11.9 Å². The van der Waals surface area contributed by atoms with Crippen LogP contribution in [0.25, 0.3) is 22.3 Å². The summed E-state index contributed by atoms with van der Waals surface area (Å²) in [6, 6.07) is 7.69. The minimum Gasteiger partial charge on any atom is -0.487 e. The number of carbonyl (C=O) groups excluding carboxylic acids is 2. The van der Waals surface area contributed by atoms with Crippen LogP contribution in [-0.4, -0.2) is 57.3 Å². The highest BCUT2D eigenvalue weighted by Crippen LogP contribution is 2.48. The molecular formula is C24H26FN3O4S. The molecule has 174 valence electrons. The zero-order valence-electron chi connectivity index (χ0n) is 19.2. The number of amides is 2. The fraction of sp³-hybridized carbons (Fsp3) is 0.333. The van der Waals surface area contributed by atoms with Gasteiger partial charge < -0.3 is 23.7 Å². The number of benzene rings is 2. The molecule has 2 aromatic carbocycles. The fourth-order valence-corrected chi connectivity index (χ4v) is 4.37. The SMILES string of the molecule is CNC(=O)c1c(-c2ccc(F)cc2)oc2cc(N(C)SC)c3c(c12)CC(CC(=O)N(C)C)O3. The topological polar surface area (TPSA) is 75.0 Å². The van der Waals surface area contributed by atoms with Gasteiger partial charge in [0.1, 0.15) is 29.0 Å². The molecule has 2 amide bonds. The zero-order valence-corrected chi connectivity index (χ0v) is 20.0. The smallest absolute Gasteiger partial charge is 0.255 e. The summed E-state index contributed by atoms with van der Waals surface area (Å²) in [4.78, 5) is 26.9. The quantitative estimate of drug-likeness (QED) is 0.546. The van der Waals surface area contributed by atoms with E-state index in [-0.39, 0.29) is 30.2 Å². The molecule has 1 aliphatic rings. The van der Waals surface area contributed by atoms with E-state index in [0.717, 1.165) is 11.3 Å². The third kappa shape index (κ3) is 4.13. The van der Waals surface area contributed by atoms with Gasteiger partial charge in [0, 0.05) is 63.4 Å². The maximum absolute atomic E-state index is 13.5. The van der Waals surface area contributed by atoms with E-state index in [2.05, 4.69) is 5.32 Å². The Morgan fingerprint density at radius 2 is 1.91 bits per heavy atom. The average molecular weight is 472 g/mol. The van der Waals surface area contributed by atoms with E-state index in [1.807, 2.05) is 23.7 Å². The van der Waals surface area contributed by atoms with Crippen molar-refractivity contribution in [2.24, 2.45) is 0 Å². The van der Waals surface area contributed by atoms with Crippen LogP contribution in [0, 0.1) is 5.82 Å². The van der Waals surface area contributed by atoms with Crippen LogP contribution in [0.4, 0.5) is 10.1 Å². The molecule has 0 aliphatic carbocycles. The number of ether oxygens (including phenoxy) is 1. The lowest BCUT2D eigenvalue weighted by Crippen LogP contribution is -2.28. The lowest BCUT2D eigenvalue weighted by atomic mass is 9.97. The Morgan fingerprint density at radius 3 is 2.52 bits per heavy atom. The molecule has 0 spiro atoms. The molecular weight excluding hydrogens is 445 g/mol. The van der Waals surface area contributed by atoms with Crippen LogP contribution in [0.2, 0.25) is 0 Å². The molecule has 1 aliphatic heterocycles. The van der Waals surface area contributed by atoms with Gasteiger partial charge in [-0.05, 0) is 24.3 Å². The van der Waals surface area contributed by atoms with Gasteiger partial charge in [0.25, 0.3) is 5.91 Å². The van der Waals surface area contributed by atoms with Crippen molar-refractivity contribution in [3.05, 3.63) is 47.3 Å². The van der Waals surface area contributed by atoms with Crippen molar-refractivity contribution in [1.82, 2.24) is 10.2 Å². The van der Waals surface area contributed by atoms with E-state index < -0.39 is 0 Å². The minimum absolute atomic E-state index is 0.0328. The third-order valence-corrected chi connectivity index (χ3v) is 6.55. The number of anilines is 1. The van der Waals surface area contributed by atoms with Gasteiger partial charge in [0.05, 0.1) is 17.7 Å². The van der Waals surface area contributed by atoms with Crippen molar-refractivity contribution in [2.45, 2.75) is 18.9 Å². The maximum atomic E-state index is 13.5. The molecule has 1 atom stereocenters. The van der Waals surface area contributed by atoms with Gasteiger partial charge in [0.2, 0.25) is 5.91 Å². The van der Waals surface area contributed by atoms with Crippen molar-refractivity contribution in [3.8, 4) is 17.1 Å². The summed E-state index contributed by atoms with van der Waals surface area (Å²) >= 11 is 1.51. The Bertz CT molecular complexity index is 1220. The molecule has 0 fully saturated rings. The predicted octanol–water partition coefficient (Wildman–Crippen LogP) is 4.09. The van der Waals surface area contributed by atoms with Crippen LogP contribution in [0.15, 0.2) is 34.7 Å². The van der Waals surface area contributed by atoms with Crippen LogP contribution in [0.3, 0.4) is 0 Å². The Labute approximate surface area is 196 Å². The number of nitrogens with one attached hydrogen (secondary N) is 1. The molecule has 1 unspecified atom stereocenters. The fourth-order valence-electron chi connectivity index (χ4n) is 4.04. The van der Waals surface area contributed by atoms with Crippen LogP contribution >= 0.6 is 11.9 Å². The molecule has 1 N–H and O–H groups in total. The van der Waals surface area contributed by atoms with Crippen LogP contribution in [0.5, 0.6) is 5.75 Å². The Kier molecular flexibility index (Phi) is 6.25. The molecule has 7 nitrogen and oxygen atoms in total. The molecule has 1 aromatic heterocycles. The van der Waals surface area contributed by atoms with Gasteiger partial charge in [0.15, 0.2) is 0 Å². The van der Waals surface area contributed by atoms with Crippen LogP contribution in [0.1, 0.15) is 22.3 Å². The highest BCUT2D eigenvalue weighted by atomic mass is 32.2. The van der Waals surface area contributed by atoms with Crippen molar-refractivity contribution >= 4 is 40.4 Å². The summed E-state index contributed by atoms with van der Waals surface area (Å²) in [7, 11) is 6.90. The van der Waals surface area contributed by atoms with Crippen molar-refractivity contribution < 1.29 is 23.1 Å². The normalized spacial score (nSPS) is 14.7. The minimum atomic E-state index is -0.372. The van der Waals surface area contributed by atoms with E-state index in [0.29, 0.717) is 40.0 Å². The first-order valence-corrected chi connectivity index (χ1v) is 11.7. The number of carbonyl (C=O) groups is 2. The molecule has 0 bridgehead atoms.